The van der Waals surface area contributed by atoms with Crippen LogP contribution >= 0.6 is 23.2 Å². The quantitative estimate of drug-likeness (QED) is 0.410. The van der Waals surface area contributed by atoms with Crippen LogP contribution in [0.5, 0.6) is 5.75 Å². The molecule has 3 fully saturated rings. The molecule has 3 aliphatic heterocycles. The summed E-state index contributed by atoms with van der Waals surface area (Å²) in [6, 6.07) is 10.7. The number of hydrogen-bond donors (Lipinski definition) is 0. The third kappa shape index (κ3) is 3.47. The van der Waals surface area contributed by atoms with Crippen molar-refractivity contribution in [1.82, 2.24) is 9.80 Å². The number of methoxy groups -OCH3 is 2. The van der Waals surface area contributed by atoms with E-state index in [4.69, 9.17) is 32.7 Å². The molecule has 2 aromatic rings. The minimum Gasteiger partial charge on any atom is -0.496 e. The number of imide groups is 1. The number of nitrogens with zero attached hydrogens (tertiary/aromatic N) is 2. The number of hydrogen-bond acceptors (Lipinski definition) is 6. The number of likely N-dealkylation sites (tertiary alicyclic amines) is 1. The first-order chi connectivity index (χ1) is 17.3. The Labute approximate surface area is 220 Å². The molecule has 0 spiro atoms. The van der Waals surface area contributed by atoms with Crippen molar-refractivity contribution in [1.29, 1.82) is 0 Å². The highest BCUT2D eigenvalue weighted by Gasteiger charge is 2.72. The molecule has 3 heterocycles. The van der Waals surface area contributed by atoms with Gasteiger partial charge in [-0.2, -0.15) is 0 Å². The lowest BCUT2D eigenvalue weighted by Crippen LogP contribution is -2.59. The van der Waals surface area contributed by atoms with Crippen LogP contribution in [-0.2, 0) is 19.1 Å². The molecule has 9 heteroatoms. The van der Waals surface area contributed by atoms with E-state index in [1.807, 2.05) is 29.2 Å². The molecule has 7 nitrogen and oxygen atoms in total. The van der Waals surface area contributed by atoms with E-state index in [1.165, 1.54) is 12.0 Å². The normalized spacial score (nSPS) is 27.7. The van der Waals surface area contributed by atoms with Crippen molar-refractivity contribution in [2.45, 2.75) is 37.8 Å². The summed E-state index contributed by atoms with van der Waals surface area (Å²) in [4.78, 5) is 43.8. The zero-order chi connectivity index (χ0) is 25.8. The number of ether oxygens (including phenoxy) is 2. The summed E-state index contributed by atoms with van der Waals surface area (Å²) in [6.07, 6.45) is 2.13. The summed E-state index contributed by atoms with van der Waals surface area (Å²) < 4.78 is 11.0. The fraction of sp³-hybridized carbons (Fsp3) is 0.444. The van der Waals surface area contributed by atoms with Crippen LogP contribution in [0.3, 0.4) is 0 Å². The van der Waals surface area contributed by atoms with Gasteiger partial charge >= 0.3 is 5.97 Å². The molecule has 3 unspecified atom stereocenters. The van der Waals surface area contributed by atoms with Crippen LogP contribution < -0.4 is 4.74 Å². The maximum atomic E-state index is 13.6. The van der Waals surface area contributed by atoms with Crippen molar-refractivity contribution in [2.24, 2.45) is 11.8 Å². The second-order valence-corrected chi connectivity index (χ2v) is 10.3. The molecule has 3 aliphatic rings. The molecule has 0 radical (unpaired) electrons. The highest BCUT2D eigenvalue weighted by Crippen LogP contribution is 2.58. The van der Waals surface area contributed by atoms with E-state index >= 15 is 0 Å². The number of halogens is 2. The average molecular weight is 531 g/mol. The molecule has 36 heavy (non-hydrogen) atoms. The van der Waals surface area contributed by atoms with E-state index in [9.17, 15) is 14.4 Å². The molecule has 2 amide bonds. The number of esters is 1. The fourth-order valence-corrected chi connectivity index (χ4v) is 6.82. The first kappa shape index (κ1) is 25.1. The Kier molecular flexibility index (Phi) is 6.52. The third-order valence-corrected chi connectivity index (χ3v) is 8.74. The predicted octanol–water partition coefficient (Wildman–Crippen LogP) is 4.74. The van der Waals surface area contributed by atoms with Gasteiger partial charge < -0.3 is 9.47 Å². The van der Waals surface area contributed by atoms with Crippen LogP contribution in [0, 0.1) is 11.8 Å². The zero-order valence-corrected chi connectivity index (χ0v) is 21.9. The van der Waals surface area contributed by atoms with E-state index in [0.29, 0.717) is 28.8 Å². The fourth-order valence-electron chi connectivity index (χ4n) is 6.52. The molecule has 3 saturated heterocycles. The van der Waals surface area contributed by atoms with E-state index in [1.54, 1.807) is 26.2 Å². The van der Waals surface area contributed by atoms with Gasteiger partial charge in [-0.15, -0.1) is 0 Å². The van der Waals surface area contributed by atoms with E-state index in [2.05, 4.69) is 0 Å². The topological polar surface area (TPSA) is 76.2 Å². The Morgan fingerprint density at radius 3 is 2.50 bits per heavy atom. The lowest BCUT2D eigenvalue weighted by Gasteiger charge is -2.44. The molecule has 4 atom stereocenters. The predicted molar refractivity (Wildman–Crippen MR) is 136 cm³/mol. The van der Waals surface area contributed by atoms with Gasteiger partial charge in [0, 0.05) is 18.2 Å². The number of rotatable bonds is 5. The van der Waals surface area contributed by atoms with Gasteiger partial charge in [-0.3, -0.25) is 24.2 Å². The monoisotopic (exact) mass is 530 g/mol. The molecule has 0 saturated carbocycles. The number of benzene rings is 2. The minimum atomic E-state index is -1.16. The van der Waals surface area contributed by atoms with Gasteiger partial charge in [-0.05, 0) is 62.1 Å². The van der Waals surface area contributed by atoms with Crippen LogP contribution in [0.1, 0.15) is 37.8 Å². The highest BCUT2D eigenvalue weighted by atomic mass is 35.5. The standard InChI is InChI=1S/C27H28Cl2N2O5/c1-4-30-24(32)21-22(25(30)33)27(26(34)36-3)11-5-6-12-31(27)23(21)16-7-9-17(20(14-16)35-2)15-8-10-18(28)19(29)13-15/h7-10,13-14,21-23H,4-6,11-12H2,1-3H3/t21?,22?,23?,27-/m0/s1. The third-order valence-electron chi connectivity index (χ3n) is 8.01. The van der Waals surface area contributed by atoms with Crippen molar-refractivity contribution in [3.63, 3.8) is 0 Å². The SMILES string of the molecule is CCN1C(=O)C2C(c3ccc(-c4ccc(Cl)c(Cl)c4)c(OC)c3)N3CCCC[C@@]3(C(=O)OC)C2C1=O. The maximum absolute atomic E-state index is 13.6. The number of fused-ring (bicyclic) bond motifs is 3. The number of carbonyl (C=O) groups is 3. The van der Waals surface area contributed by atoms with Gasteiger partial charge in [-0.25, -0.2) is 0 Å². The van der Waals surface area contributed by atoms with Crippen LogP contribution in [0.15, 0.2) is 36.4 Å². The Balaban J connectivity index is 1.66. The molecule has 0 bridgehead atoms. The van der Waals surface area contributed by atoms with Crippen LogP contribution in [0.4, 0.5) is 0 Å². The highest BCUT2D eigenvalue weighted by molar-refractivity contribution is 6.42. The maximum Gasteiger partial charge on any atom is 0.327 e. The van der Waals surface area contributed by atoms with Crippen LogP contribution in [0.25, 0.3) is 11.1 Å². The van der Waals surface area contributed by atoms with Gasteiger partial charge in [0.2, 0.25) is 11.8 Å². The average Bonchev–Trinajstić information content (AvgIpc) is 3.34. The molecule has 190 valence electrons. The summed E-state index contributed by atoms with van der Waals surface area (Å²) in [5.74, 6) is -1.81. The van der Waals surface area contributed by atoms with Crippen LogP contribution in [0.2, 0.25) is 10.0 Å². The Bertz CT molecular complexity index is 1250. The molecule has 0 aliphatic carbocycles. The van der Waals surface area contributed by atoms with Gasteiger partial charge in [-0.1, -0.05) is 41.4 Å². The Morgan fingerprint density at radius 2 is 1.83 bits per heavy atom. The van der Waals surface area contributed by atoms with Crippen molar-refractivity contribution >= 4 is 41.0 Å². The van der Waals surface area contributed by atoms with Gasteiger partial charge in [0.15, 0.2) is 0 Å². The van der Waals surface area contributed by atoms with Crippen molar-refractivity contribution in [3.8, 4) is 16.9 Å². The largest absolute Gasteiger partial charge is 0.496 e. The summed E-state index contributed by atoms with van der Waals surface area (Å²) in [6.45, 7) is 2.65. The van der Waals surface area contributed by atoms with E-state index in [-0.39, 0.29) is 18.4 Å². The molecule has 2 aromatic carbocycles. The Morgan fingerprint density at radius 1 is 1.06 bits per heavy atom. The smallest absolute Gasteiger partial charge is 0.327 e. The first-order valence-electron chi connectivity index (χ1n) is 12.1. The van der Waals surface area contributed by atoms with Crippen molar-refractivity contribution in [3.05, 3.63) is 52.0 Å². The molecule has 0 aromatic heterocycles. The summed E-state index contributed by atoms with van der Waals surface area (Å²) in [5.41, 5.74) is 1.31. The van der Waals surface area contributed by atoms with Gasteiger partial charge in [0.1, 0.15) is 11.3 Å². The van der Waals surface area contributed by atoms with Gasteiger partial charge in [0.05, 0.1) is 36.1 Å². The van der Waals surface area contributed by atoms with E-state index < -0.39 is 29.4 Å². The summed E-state index contributed by atoms with van der Waals surface area (Å²) in [7, 11) is 2.93. The van der Waals surface area contributed by atoms with Crippen molar-refractivity contribution < 1.29 is 23.9 Å². The first-order valence-corrected chi connectivity index (χ1v) is 12.9. The second-order valence-electron chi connectivity index (χ2n) is 9.52. The van der Waals surface area contributed by atoms with Crippen LogP contribution in [-0.4, -0.2) is 60.4 Å². The Hall–Kier alpha value is -2.61. The number of carbonyl (C=O) groups excluding carboxylic acids is 3. The molecular formula is C27H28Cl2N2O5. The summed E-state index contributed by atoms with van der Waals surface area (Å²) >= 11 is 12.3. The van der Waals surface area contributed by atoms with E-state index in [0.717, 1.165) is 29.5 Å². The summed E-state index contributed by atoms with van der Waals surface area (Å²) in [5, 5.41) is 0.895. The second kappa shape index (κ2) is 9.36. The molecule has 0 N–H and O–H groups in total. The minimum absolute atomic E-state index is 0.234. The van der Waals surface area contributed by atoms with Crippen molar-refractivity contribution in [2.75, 3.05) is 27.3 Å². The van der Waals surface area contributed by atoms with Gasteiger partial charge in [0.25, 0.3) is 0 Å². The lowest BCUT2D eigenvalue weighted by molar-refractivity contribution is -0.164. The molecule has 5 rings (SSSR count). The lowest BCUT2D eigenvalue weighted by atomic mass is 9.75. The molecular weight excluding hydrogens is 503 g/mol. The zero-order valence-electron chi connectivity index (χ0n) is 20.4. The number of amides is 2. The number of piperidine rings is 1.